The Morgan fingerprint density at radius 2 is 1.71 bits per heavy atom. The average molecular weight is 427 g/mol. The fourth-order valence-corrected chi connectivity index (χ4v) is 6.01. The number of para-hydroxylation sites is 1. The van der Waals surface area contributed by atoms with Crippen molar-refractivity contribution >= 4 is 17.5 Å². The van der Waals surface area contributed by atoms with Gasteiger partial charge in [0.15, 0.2) is 0 Å². The molecule has 1 saturated carbocycles. The van der Waals surface area contributed by atoms with Gasteiger partial charge < -0.3 is 9.80 Å². The summed E-state index contributed by atoms with van der Waals surface area (Å²) in [6, 6.07) is 8.96. The molecule has 0 bridgehead atoms. The molecule has 0 radical (unpaired) electrons. The van der Waals surface area contributed by atoms with E-state index in [9.17, 15) is 9.59 Å². The Hall–Kier alpha value is -1.92. The number of carbonyl (C=O) groups excluding carboxylic acids is 2. The van der Waals surface area contributed by atoms with E-state index in [1.807, 2.05) is 29.2 Å². The van der Waals surface area contributed by atoms with Crippen molar-refractivity contribution < 1.29 is 9.59 Å². The van der Waals surface area contributed by atoms with Crippen molar-refractivity contribution in [1.82, 2.24) is 15.8 Å². The van der Waals surface area contributed by atoms with Gasteiger partial charge in [0, 0.05) is 44.3 Å². The molecule has 31 heavy (non-hydrogen) atoms. The summed E-state index contributed by atoms with van der Waals surface area (Å²) in [5, 5.41) is 0. The first-order chi connectivity index (χ1) is 15.0. The van der Waals surface area contributed by atoms with Crippen LogP contribution in [0.5, 0.6) is 0 Å². The number of piperidine rings is 1. The van der Waals surface area contributed by atoms with Gasteiger partial charge >= 0.3 is 0 Å². The second-order valence-corrected chi connectivity index (χ2v) is 9.90. The largest absolute Gasteiger partial charge is 0.308 e. The number of nitrogens with one attached hydrogen (secondary N) is 2. The molecule has 3 aliphatic rings. The van der Waals surface area contributed by atoms with E-state index in [0.717, 1.165) is 55.1 Å². The lowest BCUT2D eigenvalue weighted by molar-refractivity contribution is -0.126. The summed E-state index contributed by atoms with van der Waals surface area (Å²) in [4.78, 5) is 30.3. The van der Waals surface area contributed by atoms with Gasteiger partial charge in [-0.05, 0) is 62.0 Å². The third-order valence-electron chi connectivity index (χ3n) is 7.83. The zero-order chi connectivity index (χ0) is 22.0. The van der Waals surface area contributed by atoms with Crippen LogP contribution >= 0.6 is 0 Å². The summed E-state index contributed by atoms with van der Waals surface area (Å²) >= 11 is 0. The summed E-state index contributed by atoms with van der Waals surface area (Å²) in [5.41, 5.74) is 7.27. The number of anilines is 1. The molecule has 2 N–H and O–H groups in total. The quantitative estimate of drug-likeness (QED) is 0.684. The second-order valence-electron chi connectivity index (χ2n) is 9.90. The molecule has 1 aromatic carbocycles. The SMILES string of the molecule is CNNC(=O)CC1C(=O)N(C2CCN(C3CCC(C(C)C)CC3)CC2)c2ccccc21. The van der Waals surface area contributed by atoms with E-state index in [-0.39, 0.29) is 30.2 Å². The molecule has 4 rings (SSSR count). The molecule has 1 saturated heterocycles. The second kappa shape index (κ2) is 9.70. The molecule has 1 atom stereocenters. The third kappa shape index (κ3) is 4.65. The smallest absolute Gasteiger partial charge is 0.235 e. The predicted octanol–water partition coefficient (Wildman–Crippen LogP) is 3.44. The highest BCUT2D eigenvalue weighted by atomic mass is 16.2. The van der Waals surface area contributed by atoms with E-state index >= 15 is 0 Å². The zero-order valence-corrected chi connectivity index (χ0v) is 19.3. The first kappa shape index (κ1) is 22.3. The first-order valence-corrected chi connectivity index (χ1v) is 12.1. The molecular weight excluding hydrogens is 388 g/mol. The summed E-state index contributed by atoms with van der Waals surface area (Å²) < 4.78 is 0. The van der Waals surface area contributed by atoms with E-state index in [1.165, 1.54) is 25.7 Å². The van der Waals surface area contributed by atoms with Crippen LogP contribution in [0.3, 0.4) is 0 Å². The minimum absolute atomic E-state index is 0.0864. The Morgan fingerprint density at radius 3 is 2.35 bits per heavy atom. The highest BCUT2D eigenvalue weighted by molar-refractivity contribution is 6.07. The molecule has 1 aliphatic carbocycles. The van der Waals surface area contributed by atoms with Crippen molar-refractivity contribution in [3.05, 3.63) is 29.8 Å². The maximum Gasteiger partial charge on any atom is 0.235 e. The van der Waals surface area contributed by atoms with Gasteiger partial charge in [-0.25, -0.2) is 5.43 Å². The number of benzene rings is 1. The molecular formula is C25H38N4O2. The van der Waals surface area contributed by atoms with Gasteiger partial charge in [-0.1, -0.05) is 32.0 Å². The summed E-state index contributed by atoms with van der Waals surface area (Å²) in [6.45, 7) is 6.85. The van der Waals surface area contributed by atoms with E-state index < -0.39 is 0 Å². The molecule has 6 heteroatoms. The number of carbonyl (C=O) groups is 2. The number of hydrazine groups is 1. The molecule has 2 heterocycles. The standard InChI is InChI=1S/C25H38N4O2/c1-17(2)18-8-10-19(11-9-18)28-14-12-20(13-15-28)29-23-7-5-4-6-21(23)22(25(29)31)16-24(30)27-26-3/h4-7,17-20,22,26H,8-16H2,1-3H3,(H,27,30). The average Bonchev–Trinajstić information content (AvgIpc) is 3.05. The van der Waals surface area contributed by atoms with Gasteiger partial charge in [0.05, 0.1) is 5.92 Å². The van der Waals surface area contributed by atoms with Crippen molar-refractivity contribution in [2.24, 2.45) is 11.8 Å². The lowest BCUT2D eigenvalue weighted by atomic mass is 9.79. The summed E-state index contributed by atoms with van der Waals surface area (Å²) in [5.74, 6) is 1.25. The van der Waals surface area contributed by atoms with Crippen LogP contribution in [0.2, 0.25) is 0 Å². The molecule has 1 unspecified atom stereocenters. The van der Waals surface area contributed by atoms with Gasteiger partial charge in [-0.2, -0.15) is 0 Å². The minimum Gasteiger partial charge on any atom is -0.308 e. The Morgan fingerprint density at radius 1 is 1.03 bits per heavy atom. The van der Waals surface area contributed by atoms with Gasteiger partial charge in [-0.3, -0.25) is 15.0 Å². The van der Waals surface area contributed by atoms with Crippen LogP contribution in [0, 0.1) is 11.8 Å². The number of nitrogens with zero attached hydrogens (tertiary/aromatic N) is 2. The summed E-state index contributed by atoms with van der Waals surface area (Å²) in [6.07, 6.45) is 7.57. The Balaban J connectivity index is 1.39. The van der Waals surface area contributed by atoms with Crippen LogP contribution in [-0.2, 0) is 9.59 Å². The monoisotopic (exact) mass is 426 g/mol. The lowest BCUT2D eigenvalue weighted by Gasteiger charge is -2.43. The van der Waals surface area contributed by atoms with Crippen molar-refractivity contribution in [1.29, 1.82) is 0 Å². The van der Waals surface area contributed by atoms with E-state index in [0.29, 0.717) is 0 Å². The molecule has 0 spiro atoms. The maximum atomic E-state index is 13.4. The van der Waals surface area contributed by atoms with Gasteiger partial charge in [0.2, 0.25) is 11.8 Å². The number of hydrogen-bond donors (Lipinski definition) is 2. The predicted molar refractivity (Wildman–Crippen MR) is 124 cm³/mol. The van der Waals surface area contributed by atoms with Crippen molar-refractivity contribution in [3.63, 3.8) is 0 Å². The van der Waals surface area contributed by atoms with E-state index in [2.05, 4.69) is 29.6 Å². The highest BCUT2D eigenvalue weighted by Gasteiger charge is 2.42. The van der Waals surface area contributed by atoms with E-state index in [4.69, 9.17) is 0 Å². The van der Waals surface area contributed by atoms with E-state index in [1.54, 1.807) is 7.05 Å². The fraction of sp³-hybridized carbons (Fsp3) is 0.680. The van der Waals surface area contributed by atoms with Gasteiger partial charge in [-0.15, -0.1) is 0 Å². The summed E-state index contributed by atoms with van der Waals surface area (Å²) in [7, 11) is 1.66. The van der Waals surface area contributed by atoms with Crippen molar-refractivity contribution in [2.45, 2.75) is 76.8 Å². The molecule has 1 aromatic rings. The minimum atomic E-state index is -0.381. The molecule has 6 nitrogen and oxygen atoms in total. The highest BCUT2D eigenvalue weighted by Crippen LogP contribution is 2.42. The van der Waals surface area contributed by atoms with Crippen LogP contribution < -0.4 is 15.8 Å². The Kier molecular flexibility index (Phi) is 6.97. The van der Waals surface area contributed by atoms with Crippen molar-refractivity contribution in [2.75, 3.05) is 25.0 Å². The normalized spacial score (nSPS) is 27.5. The topological polar surface area (TPSA) is 64.7 Å². The first-order valence-electron chi connectivity index (χ1n) is 12.1. The van der Waals surface area contributed by atoms with Gasteiger partial charge in [0.1, 0.15) is 0 Å². The number of hydrogen-bond acceptors (Lipinski definition) is 4. The van der Waals surface area contributed by atoms with Crippen LogP contribution in [0.1, 0.15) is 70.3 Å². The number of amides is 2. The van der Waals surface area contributed by atoms with Crippen LogP contribution in [0.4, 0.5) is 5.69 Å². The number of fused-ring (bicyclic) bond motifs is 1. The molecule has 2 amide bonds. The van der Waals surface area contributed by atoms with Crippen LogP contribution in [0.25, 0.3) is 0 Å². The molecule has 170 valence electrons. The van der Waals surface area contributed by atoms with Crippen LogP contribution in [-0.4, -0.2) is 48.9 Å². The lowest BCUT2D eigenvalue weighted by Crippen LogP contribution is -2.50. The maximum absolute atomic E-state index is 13.4. The van der Waals surface area contributed by atoms with Gasteiger partial charge in [0.25, 0.3) is 0 Å². The molecule has 0 aromatic heterocycles. The molecule has 2 fully saturated rings. The van der Waals surface area contributed by atoms with Crippen LogP contribution in [0.15, 0.2) is 24.3 Å². The third-order valence-corrected chi connectivity index (χ3v) is 7.83. The number of likely N-dealkylation sites (tertiary alicyclic amines) is 1. The molecule has 2 aliphatic heterocycles. The Bertz CT molecular complexity index is 779. The zero-order valence-electron chi connectivity index (χ0n) is 19.3. The van der Waals surface area contributed by atoms with Crippen molar-refractivity contribution in [3.8, 4) is 0 Å². The number of rotatable bonds is 6. The fourth-order valence-electron chi connectivity index (χ4n) is 6.01. The Labute approximate surface area is 186 Å².